The van der Waals surface area contributed by atoms with Crippen LogP contribution in [0.2, 0.25) is 0 Å². The van der Waals surface area contributed by atoms with Crippen LogP contribution < -0.4 is 4.72 Å². The number of aromatic nitrogens is 1. The predicted molar refractivity (Wildman–Crippen MR) is 131 cm³/mol. The van der Waals surface area contributed by atoms with Gasteiger partial charge in [0, 0.05) is 35.8 Å². The van der Waals surface area contributed by atoms with E-state index in [1.807, 2.05) is 18.5 Å². The minimum atomic E-state index is -3.80. The third kappa shape index (κ3) is 5.31. The van der Waals surface area contributed by atoms with Gasteiger partial charge in [-0.2, -0.15) is 16.5 Å². The number of fused-ring (bicyclic) bond motifs is 1. The van der Waals surface area contributed by atoms with Gasteiger partial charge < -0.3 is 9.88 Å². The molecule has 9 heteroatoms. The molecule has 1 aromatic heterocycles. The van der Waals surface area contributed by atoms with E-state index in [1.165, 1.54) is 24.3 Å². The zero-order valence-electron chi connectivity index (χ0n) is 18.3. The van der Waals surface area contributed by atoms with Crippen LogP contribution in [0.3, 0.4) is 0 Å². The Kier molecular flexibility index (Phi) is 7.21. The summed E-state index contributed by atoms with van der Waals surface area (Å²) < 4.78 is 41.7. The molecule has 2 aromatic carbocycles. The van der Waals surface area contributed by atoms with Crippen LogP contribution in [0.4, 0.5) is 4.39 Å². The number of halogens is 1. The fraction of sp³-hybridized carbons (Fsp3) is 0.292. The maximum atomic E-state index is 13.5. The largest absolute Gasteiger partial charge is 0.360 e. The Morgan fingerprint density at radius 3 is 2.73 bits per heavy atom. The molecule has 6 nitrogen and oxygen atoms in total. The standard InChI is InChI=1S/C24H26FN3O3S2/c1-32-14-11-22(27-33(30,31)19-5-3-2-4-6-19)24(29)28-12-9-17(10-13-28)21-16-26-23-15-18(25)7-8-20(21)23/h2-9,15-16,22,26-27H,10-14H2,1H3. The Labute approximate surface area is 197 Å². The van der Waals surface area contributed by atoms with E-state index in [0.29, 0.717) is 31.7 Å². The predicted octanol–water partition coefficient (Wildman–Crippen LogP) is 4.02. The van der Waals surface area contributed by atoms with Gasteiger partial charge in [-0.05, 0) is 60.8 Å². The number of hydrogen-bond donors (Lipinski definition) is 2. The first-order chi connectivity index (χ1) is 15.9. The molecule has 0 bridgehead atoms. The van der Waals surface area contributed by atoms with E-state index in [2.05, 4.69) is 9.71 Å². The first-order valence-electron chi connectivity index (χ1n) is 10.7. The molecule has 174 valence electrons. The van der Waals surface area contributed by atoms with E-state index in [9.17, 15) is 17.6 Å². The van der Waals surface area contributed by atoms with Crippen LogP contribution >= 0.6 is 11.8 Å². The van der Waals surface area contributed by atoms with E-state index in [4.69, 9.17) is 0 Å². The summed E-state index contributed by atoms with van der Waals surface area (Å²) in [4.78, 5) is 18.2. The average molecular weight is 488 g/mol. The van der Waals surface area contributed by atoms with E-state index in [1.54, 1.807) is 40.9 Å². The molecule has 33 heavy (non-hydrogen) atoms. The summed E-state index contributed by atoms with van der Waals surface area (Å²) in [6.07, 6.45) is 6.83. The van der Waals surface area contributed by atoms with Crippen molar-refractivity contribution >= 4 is 44.2 Å². The van der Waals surface area contributed by atoms with Gasteiger partial charge in [0.2, 0.25) is 15.9 Å². The molecule has 1 amide bonds. The summed E-state index contributed by atoms with van der Waals surface area (Å²) in [5.74, 6) is 0.147. The smallest absolute Gasteiger partial charge is 0.241 e. The number of H-pyrrole nitrogens is 1. The number of rotatable bonds is 8. The summed E-state index contributed by atoms with van der Waals surface area (Å²) in [5, 5.41) is 0.941. The zero-order chi connectivity index (χ0) is 23.4. The summed E-state index contributed by atoms with van der Waals surface area (Å²) in [6, 6.07) is 11.9. The molecular formula is C24H26FN3O3S2. The second-order valence-corrected chi connectivity index (χ2v) is 10.6. The van der Waals surface area contributed by atoms with Crippen molar-refractivity contribution in [3.63, 3.8) is 0 Å². The number of aromatic amines is 1. The van der Waals surface area contributed by atoms with Crippen LogP contribution in [-0.4, -0.2) is 55.3 Å². The van der Waals surface area contributed by atoms with Crippen molar-refractivity contribution in [3.05, 3.63) is 72.2 Å². The number of nitrogens with zero attached hydrogens (tertiary/aromatic N) is 1. The quantitative estimate of drug-likeness (QED) is 0.503. The highest BCUT2D eigenvalue weighted by Gasteiger charge is 2.30. The normalized spacial score (nSPS) is 15.5. The third-order valence-corrected chi connectivity index (χ3v) is 7.90. The monoisotopic (exact) mass is 487 g/mol. The lowest BCUT2D eigenvalue weighted by Gasteiger charge is -2.30. The molecule has 0 saturated carbocycles. The maximum absolute atomic E-state index is 13.5. The van der Waals surface area contributed by atoms with Gasteiger partial charge in [-0.15, -0.1) is 0 Å². The zero-order valence-corrected chi connectivity index (χ0v) is 19.9. The van der Waals surface area contributed by atoms with Crippen molar-refractivity contribution < 1.29 is 17.6 Å². The minimum Gasteiger partial charge on any atom is -0.360 e. The molecule has 0 spiro atoms. The van der Waals surface area contributed by atoms with E-state index in [0.717, 1.165) is 22.0 Å². The second-order valence-electron chi connectivity index (χ2n) is 7.92. The SMILES string of the molecule is CSCCC(NS(=O)(=O)c1ccccc1)C(=O)N1CC=C(c2c[nH]c3cc(F)ccc23)CC1. The lowest BCUT2D eigenvalue weighted by molar-refractivity contribution is -0.132. The van der Waals surface area contributed by atoms with Crippen LogP contribution in [0.5, 0.6) is 0 Å². The highest BCUT2D eigenvalue weighted by molar-refractivity contribution is 7.98. The van der Waals surface area contributed by atoms with Crippen LogP contribution in [0.25, 0.3) is 16.5 Å². The van der Waals surface area contributed by atoms with Gasteiger partial charge in [-0.3, -0.25) is 4.79 Å². The number of carbonyl (C=O) groups is 1. The molecule has 0 aliphatic carbocycles. The van der Waals surface area contributed by atoms with E-state index < -0.39 is 16.1 Å². The molecule has 2 heterocycles. The molecule has 1 unspecified atom stereocenters. The molecule has 0 radical (unpaired) electrons. The molecule has 3 aromatic rings. The van der Waals surface area contributed by atoms with Gasteiger partial charge in [0.15, 0.2) is 0 Å². The lowest BCUT2D eigenvalue weighted by atomic mass is 9.98. The van der Waals surface area contributed by atoms with Gasteiger partial charge in [0.05, 0.1) is 4.90 Å². The first-order valence-corrected chi connectivity index (χ1v) is 13.6. The van der Waals surface area contributed by atoms with Gasteiger partial charge >= 0.3 is 0 Å². The lowest BCUT2D eigenvalue weighted by Crippen LogP contribution is -2.49. The fourth-order valence-electron chi connectivity index (χ4n) is 4.02. The minimum absolute atomic E-state index is 0.142. The number of hydrogen-bond acceptors (Lipinski definition) is 4. The Balaban J connectivity index is 1.50. The van der Waals surface area contributed by atoms with Crippen LogP contribution in [0.1, 0.15) is 18.4 Å². The number of thioether (sulfide) groups is 1. The van der Waals surface area contributed by atoms with Crippen molar-refractivity contribution in [1.29, 1.82) is 0 Å². The number of nitrogens with one attached hydrogen (secondary N) is 2. The van der Waals surface area contributed by atoms with Crippen LogP contribution in [0, 0.1) is 5.82 Å². The molecule has 1 aliphatic heterocycles. The van der Waals surface area contributed by atoms with E-state index in [-0.39, 0.29) is 16.6 Å². The molecule has 1 atom stereocenters. The molecule has 1 aliphatic rings. The Hall–Kier alpha value is -2.62. The van der Waals surface area contributed by atoms with Crippen molar-refractivity contribution in [2.45, 2.75) is 23.8 Å². The molecule has 0 saturated heterocycles. The van der Waals surface area contributed by atoms with Crippen molar-refractivity contribution in [3.8, 4) is 0 Å². The topological polar surface area (TPSA) is 82.3 Å². The van der Waals surface area contributed by atoms with Crippen molar-refractivity contribution in [2.24, 2.45) is 0 Å². The molecule has 0 fully saturated rings. The fourth-order valence-corrected chi connectivity index (χ4v) is 5.74. The highest BCUT2D eigenvalue weighted by Crippen LogP contribution is 2.30. The van der Waals surface area contributed by atoms with Crippen LogP contribution in [0.15, 0.2) is 65.7 Å². The number of amides is 1. The summed E-state index contributed by atoms with van der Waals surface area (Å²) in [6.45, 7) is 0.881. The van der Waals surface area contributed by atoms with Gasteiger partial charge in [0.1, 0.15) is 11.9 Å². The van der Waals surface area contributed by atoms with Crippen LogP contribution in [-0.2, 0) is 14.8 Å². The number of benzene rings is 2. The second kappa shape index (κ2) is 10.1. The maximum Gasteiger partial charge on any atom is 0.241 e. The summed E-state index contributed by atoms with van der Waals surface area (Å²) in [7, 11) is -3.80. The average Bonchev–Trinajstić information content (AvgIpc) is 3.25. The van der Waals surface area contributed by atoms with Gasteiger partial charge in [-0.1, -0.05) is 24.3 Å². The highest BCUT2D eigenvalue weighted by atomic mass is 32.2. The van der Waals surface area contributed by atoms with E-state index >= 15 is 0 Å². The third-order valence-electron chi connectivity index (χ3n) is 5.77. The Morgan fingerprint density at radius 2 is 2.03 bits per heavy atom. The molecule has 2 N–H and O–H groups in total. The number of carbonyl (C=O) groups excluding carboxylic acids is 1. The molecule has 4 rings (SSSR count). The van der Waals surface area contributed by atoms with Crippen molar-refractivity contribution in [1.82, 2.24) is 14.6 Å². The van der Waals surface area contributed by atoms with Crippen molar-refractivity contribution in [2.75, 3.05) is 25.1 Å². The van der Waals surface area contributed by atoms with Gasteiger partial charge in [0.25, 0.3) is 0 Å². The summed E-state index contributed by atoms with van der Waals surface area (Å²) >= 11 is 1.57. The number of sulfonamides is 1. The first kappa shape index (κ1) is 23.5. The summed E-state index contributed by atoms with van der Waals surface area (Å²) in [5.41, 5.74) is 2.82. The Morgan fingerprint density at radius 1 is 1.24 bits per heavy atom. The molecular weight excluding hydrogens is 461 g/mol. The van der Waals surface area contributed by atoms with Gasteiger partial charge in [-0.25, -0.2) is 12.8 Å². The Bertz CT molecular complexity index is 1270.